The molecule has 4 aromatic rings. The van der Waals surface area contributed by atoms with Gasteiger partial charge in [-0.15, -0.1) is 10.2 Å². The van der Waals surface area contributed by atoms with Gasteiger partial charge in [0.05, 0.1) is 25.3 Å². The van der Waals surface area contributed by atoms with Crippen LogP contribution in [0.15, 0.2) is 91.1 Å². The topological polar surface area (TPSA) is 71.5 Å². The number of hydrogen-bond acceptors (Lipinski definition) is 6. The third-order valence-corrected chi connectivity index (χ3v) is 6.51. The average Bonchev–Trinajstić information content (AvgIpc) is 2.97. The maximum Gasteiger partial charge on any atom is 0.233 e. The Labute approximate surface area is 211 Å². The highest BCUT2D eigenvalue weighted by molar-refractivity contribution is 5.94. The summed E-state index contributed by atoms with van der Waals surface area (Å²) in [6, 6.07) is 27.4. The van der Waals surface area contributed by atoms with Gasteiger partial charge < -0.3 is 9.64 Å². The zero-order chi connectivity index (χ0) is 24.7. The van der Waals surface area contributed by atoms with Crippen molar-refractivity contribution >= 4 is 17.5 Å². The Kier molecular flexibility index (Phi) is 7.17. The van der Waals surface area contributed by atoms with Gasteiger partial charge in [0.25, 0.3) is 0 Å². The van der Waals surface area contributed by atoms with Crippen molar-refractivity contribution < 1.29 is 9.53 Å². The Morgan fingerprint density at radius 2 is 1.78 bits per heavy atom. The third kappa shape index (κ3) is 5.35. The molecule has 1 unspecified atom stereocenters. The summed E-state index contributed by atoms with van der Waals surface area (Å²) >= 11 is 0. The van der Waals surface area contributed by atoms with E-state index in [0.717, 1.165) is 47.8 Å². The van der Waals surface area contributed by atoms with Crippen molar-refractivity contribution in [3.05, 3.63) is 96.7 Å². The van der Waals surface area contributed by atoms with Gasteiger partial charge in [-0.2, -0.15) is 0 Å². The maximum absolute atomic E-state index is 13.8. The van der Waals surface area contributed by atoms with Crippen LogP contribution in [0.1, 0.15) is 18.4 Å². The molecule has 7 heteroatoms. The van der Waals surface area contributed by atoms with E-state index in [1.54, 1.807) is 13.3 Å². The monoisotopic (exact) mass is 479 g/mol. The van der Waals surface area contributed by atoms with Gasteiger partial charge in [-0.3, -0.25) is 9.69 Å². The highest BCUT2D eigenvalue weighted by atomic mass is 16.5. The number of nitrogens with zero attached hydrogens (tertiary/aromatic N) is 5. The standard InChI is InChI=1S/C29H29N5O2/c1-36-25-14-12-23(13-15-25)26-16-17-28(32-31-26)33-19-7-10-24(21-33)29(35)34(27-11-5-6-18-30-27)20-22-8-3-2-4-9-22/h2-6,8-9,11-18,24H,7,10,19-21H2,1H3. The molecule has 1 atom stereocenters. The summed E-state index contributed by atoms with van der Waals surface area (Å²) < 4.78 is 5.23. The normalized spacial score (nSPS) is 15.4. The summed E-state index contributed by atoms with van der Waals surface area (Å²) in [5.41, 5.74) is 2.85. The number of carbonyl (C=O) groups excluding carboxylic acids is 1. The van der Waals surface area contributed by atoms with Gasteiger partial charge in [-0.25, -0.2) is 4.98 Å². The second kappa shape index (κ2) is 11.0. The fraction of sp³-hybridized carbons (Fsp3) is 0.241. The lowest BCUT2D eigenvalue weighted by Crippen LogP contribution is -2.45. The summed E-state index contributed by atoms with van der Waals surface area (Å²) in [6.45, 7) is 1.94. The molecule has 2 aromatic carbocycles. The minimum atomic E-state index is -0.146. The fourth-order valence-corrected chi connectivity index (χ4v) is 4.57. The van der Waals surface area contributed by atoms with Gasteiger partial charge in [0.15, 0.2) is 5.82 Å². The first-order valence-electron chi connectivity index (χ1n) is 12.2. The largest absolute Gasteiger partial charge is 0.497 e. The smallest absolute Gasteiger partial charge is 0.233 e. The number of methoxy groups -OCH3 is 1. The Bertz CT molecular complexity index is 1260. The van der Waals surface area contributed by atoms with Crippen molar-refractivity contribution in [3.63, 3.8) is 0 Å². The molecule has 0 saturated carbocycles. The SMILES string of the molecule is COc1ccc(-c2ccc(N3CCCC(C(=O)N(Cc4ccccc4)c4ccccn4)C3)nn2)cc1. The fourth-order valence-electron chi connectivity index (χ4n) is 4.57. The zero-order valence-corrected chi connectivity index (χ0v) is 20.3. The van der Waals surface area contributed by atoms with E-state index in [1.807, 2.05) is 89.8 Å². The molecule has 36 heavy (non-hydrogen) atoms. The molecule has 3 heterocycles. The second-order valence-corrected chi connectivity index (χ2v) is 8.89. The van der Waals surface area contributed by atoms with Gasteiger partial charge in [0.1, 0.15) is 11.6 Å². The summed E-state index contributed by atoms with van der Waals surface area (Å²) in [6.07, 6.45) is 3.48. The van der Waals surface area contributed by atoms with Crippen LogP contribution in [-0.2, 0) is 11.3 Å². The van der Waals surface area contributed by atoms with E-state index in [1.165, 1.54) is 0 Å². The quantitative estimate of drug-likeness (QED) is 0.372. The number of carbonyl (C=O) groups is 1. The Hall–Kier alpha value is -4.26. The Morgan fingerprint density at radius 3 is 2.47 bits per heavy atom. The summed E-state index contributed by atoms with van der Waals surface area (Å²) in [4.78, 5) is 22.2. The second-order valence-electron chi connectivity index (χ2n) is 8.89. The van der Waals surface area contributed by atoms with E-state index >= 15 is 0 Å². The molecule has 1 aliphatic heterocycles. The highest BCUT2D eigenvalue weighted by Crippen LogP contribution is 2.27. The number of amides is 1. The van der Waals surface area contributed by atoms with Crippen LogP contribution in [0.3, 0.4) is 0 Å². The van der Waals surface area contributed by atoms with Crippen LogP contribution in [0.5, 0.6) is 5.75 Å². The van der Waals surface area contributed by atoms with E-state index in [0.29, 0.717) is 18.9 Å². The Morgan fingerprint density at radius 1 is 0.972 bits per heavy atom. The molecule has 1 saturated heterocycles. The molecule has 2 aromatic heterocycles. The van der Waals surface area contributed by atoms with Crippen LogP contribution in [0, 0.1) is 5.92 Å². The molecule has 0 radical (unpaired) electrons. The van der Waals surface area contributed by atoms with Gasteiger partial charge in [0.2, 0.25) is 5.91 Å². The third-order valence-electron chi connectivity index (χ3n) is 6.51. The maximum atomic E-state index is 13.8. The molecular formula is C29H29N5O2. The zero-order valence-electron chi connectivity index (χ0n) is 20.3. The molecular weight excluding hydrogens is 450 g/mol. The van der Waals surface area contributed by atoms with Gasteiger partial charge in [0, 0.05) is 24.8 Å². The number of piperidine rings is 1. The van der Waals surface area contributed by atoms with Crippen molar-refractivity contribution in [2.75, 3.05) is 30.0 Å². The van der Waals surface area contributed by atoms with Crippen LogP contribution >= 0.6 is 0 Å². The van der Waals surface area contributed by atoms with Crippen LogP contribution in [0.2, 0.25) is 0 Å². The van der Waals surface area contributed by atoms with E-state index in [4.69, 9.17) is 4.74 Å². The number of aromatic nitrogens is 3. The van der Waals surface area contributed by atoms with Crippen LogP contribution in [-0.4, -0.2) is 41.3 Å². The summed E-state index contributed by atoms with van der Waals surface area (Å²) in [7, 11) is 1.65. The lowest BCUT2D eigenvalue weighted by molar-refractivity contribution is -0.122. The number of ether oxygens (including phenoxy) is 1. The molecule has 7 nitrogen and oxygen atoms in total. The van der Waals surface area contributed by atoms with E-state index in [-0.39, 0.29) is 11.8 Å². The molecule has 0 spiro atoms. The van der Waals surface area contributed by atoms with Crippen LogP contribution in [0.4, 0.5) is 11.6 Å². The first-order valence-corrected chi connectivity index (χ1v) is 12.2. The number of pyridine rings is 1. The van der Waals surface area contributed by atoms with E-state index in [2.05, 4.69) is 20.1 Å². The Balaban J connectivity index is 1.32. The predicted molar refractivity (Wildman–Crippen MR) is 141 cm³/mol. The number of benzene rings is 2. The number of rotatable bonds is 7. The molecule has 0 N–H and O–H groups in total. The molecule has 182 valence electrons. The first kappa shape index (κ1) is 23.5. The van der Waals surface area contributed by atoms with Crippen molar-refractivity contribution in [2.45, 2.75) is 19.4 Å². The highest BCUT2D eigenvalue weighted by Gasteiger charge is 2.31. The molecule has 1 amide bonds. The van der Waals surface area contributed by atoms with Gasteiger partial charge >= 0.3 is 0 Å². The molecule has 5 rings (SSSR count). The van der Waals surface area contributed by atoms with Crippen molar-refractivity contribution in [3.8, 4) is 17.0 Å². The summed E-state index contributed by atoms with van der Waals surface area (Å²) in [5.74, 6) is 2.21. The van der Waals surface area contributed by atoms with Gasteiger partial charge in [-0.1, -0.05) is 36.4 Å². The van der Waals surface area contributed by atoms with Gasteiger partial charge in [-0.05, 0) is 66.9 Å². The summed E-state index contributed by atoms with van der Waals surface area (Å²) in [5, 5.41) is 8.94. The van der Waals surface area contributed by atoms with Crippen molar-refractivity contribution in [2.24, 2.45) is 5.92 Å². The minimum absolute atomic E-state index is 0.0880. The molecule has 1 aliphatic rings. The minimum Gasteiger partial charge on any atom is -0.497 e. The average molecular weight is 480 g/mol. The predicted octanol–water partition coefficient (Wildman–Crippen LogP) is 5.00. The number of anilines is 2. The molecule has 0 aliphatic carbocycles. The molecule has 0 bridgehead atoms. The first-order chi connectivity index (χ1) is 17.7. The number of hydrogen-bond donors (Lipinski definition) is 0. The lowest BCUT2D eigenvalue weighted by Gasteiger charge is -2.35. The molecule has 1 fully saturated rings. The van der Waals surface area contributed by atoms with Crippen molar-refractivity contribution in [1.29, 1.82) is 0 Å². The van der Waals surface area contributed by atoms with Crippen molar-refractivity contribution in [1.82, 2.24) is 15.2 Å². The lowest BCUT2D eigenvalue weighted by atomic mass is 9.96. The van der Waals surface area contributed by atoms with E-state index < -0.39 is 0 Å². The van der Waals surface area contributed by atoms with E-state index in [9.17, 15) is 4.79 Å². The van der Waals surface area contributed by atoms with Crippen LogP contribution in [0.25, 0.3) is 11.3 Å². The van der Waals surface area contributed by atoms with Crippen LogP contribution < -0.4 is 14.5 Å².